The molecule has 1 heterocycles. The van der Waals surface area contributed by atoms with Crippen LogP contribution in [0.15, 0.2) is 73.1 Å². The molecule has 0 aliphatic heterocycles. The van der Waals surface area contributed by atoms with Crippen LogP contribution in [-0.4, -0.2) is 28.6 Å². The number of hydrogen-bond donors (Lipinski definition) is 2. The number of rotatable bonds is 6. The fraction of sp³-hybridized carbons (Fsp3) is 0.174. The highest BCUT2D eigenvalue weighted by Gasteiger charge is 2.40. The number of carbonyl (C=O) groups is 2. The van der Waals surface area contributed by atoms with Crippen LogP contribution in [0.1, 0.15) is 29.0 Å². The summed E-state index contributed by atoms with van der Waals surface area (Å²) in [6.45, 7) is 0.121. The summed E-state index contributed by atoms with van der Waals surface area (Å²) >= 11 is 0. The molecule has 0 fully saturated rings. The van der Waals surface area contributed by atoms with E-state index in [9.17, 15) is 14.7 Å². The molecule has 3 N–H and O–H groups in total. The Labute approximate surface area is 168 Å². The van der Waals surface area contributed by atoms with Crippen molar-refractivity contribution < 1.29 is 19.4 Å². The van der Waals surface area contributed by atoms with Crippen LogP contribution < -0.4 is 5.73 Å². The van der Waals surface area contributed by atoms with Crippen LogP contribution in [0.4, 0.5) is 0 Å². The third-order valence-electron chi connectivity index (χ3n) is 5.36. The lowest BCUT2D eigenvalue weighted by atomic mass is 9.89. The second kappa shape index (κ2) is 7.48. The van der Waals surface area contributed by atoms with Crippen LogP contribution in [0.3, 0.4) is 0 Å². The van der Waals surface area contributed by atoms with Crippen molar-refractivity contribution in [2.24, 2.45) is 5.73 Å². The molecule has 0 radical (unpaired) electrons. The number of carboxylic acids is 1. The van der Waals surface area contributed by atoms with Gasteiger partial charge in [0, 0.05) is 23.9 Å². The summed E-state index contributed by atoms with van der Waals surface area (Å²) in [5.74, 6) is -2.07. The molecule has 2 aromatic carbocycles. The topological polar surface area (TPSA) is 103 Å². The van der Waals surface area contributed by atoms with Gasteiger partial charge in [-0.1, -0.05) is 54.6 Å². The monoisotopic (exact) mass is 388 g/mol. The lowest BCUT2D eigenvalue weighted by molar-refractivity contribution is -0.153. The van der Waals surface area contributed by atoms with E-state index in [0.29, 0.717) is 0 Å². The first kappa shape index (κ1) is 18.8. The first-order chi connectivity index (χ1) is 14.0. The summed E-state index contributed by atoms with van der Waals surface area (Å²) in [6.07, 6.45) is 2.38. The first-order valence-electron chi connectivity index (χ1n) is 9.27. The molecule has 0 saturated heterocycles. The quantitative estimate of drug-likeness (QED) is 0.629. The number of pyridine rings is 1. The van der Waals surface area contributed by atoms with Crippen LogP contribution in [0, 0.1) is 0 Å². The van der Waals surface area contributed by atoms with Gasteiger partial charge in [0.2, 0.25) is 0 Å². The first-order valence-corrected chi connectivity index (χ1v) is 9.27. The molecule has 0 saturated carbocycles. The number of fused-ring (bicyclic) bond motifs is 3. The molecule has 0 bridgehead atoms. The summed E-state index contributed by atoms with van der Waals surface area (Å²) < 4.78 is 5.50. The number of esters is 1. The summed E-state index contributed by atoms with van der Waals surface area (Å²) in [5.41, 5.74) is 8.84. The Morgan fingerprint density at radius 2 is 1.62 bits per heavy atom. The number of carboxylic acid groups (broad SMARTS) is 1. The number of aliphatic carboxylic acids is 1. The number of nitrogens with zero attached hydrogens (tertiary/aromatic N) is 1. The number of aromatic nitrogens is 1. The zero-order valence-corrected chi connectivity index (χ0v) is 15.6. The fourth-order valence-electron chi connectivity index (χ4n) is 3.82. The second-order valence-electron chi connectivity index (χ2n) is 7.11. The third-order valence-corrected chi connectivity index (χ3v) is 5.36. The zero-order chi connectivity index (χ0) is 20.4. The van der Waals surface area contributed by atoms with Gasteiger partial charge in [-0.3, -0.25) is 9.78 Å². The fourth-order valence-corrected chi connectivity index (χ4v) is 3.82. The average molecular weight is 388 g/mol. The molecule has 1 aliphatic carbocycles. The van der Waals surface area contributed by atoms with E-state index in [1.54, 1.807) is 6.07 Å². The molecule has 0 spiro atoms. The van der Waals surface area contributed by atoms with E-state index in [1.165, 1.54) is 18.5 Å². The van der Waals surface area contributed by atoms with Gasteiger partial charge in [0.05, 0.1) is 6.42 Å². The van der Waals surface area contributed by atoms with E-state index in [-0.39, 0.29) is 18.1 Å². The molecule has 6 heteroatoms. The molecule has 1 aromatic heterocycles. The van der Waals surface area contributed by atoms with Gasteiger partial charge in [-0.25, -0.2) is 4.79 Å². The van der Waals surface area contributed by atoms with Gasteiger partial charge in [0.15, 0.2) is 5.54 Å². The molecule has 29 heavy (non-hydrogen) atoms. The number of carbonyl (C=O) groups excluding carboxylic acids is 1. The van der Waals surface area contributed by atoms with Crippen molar-refractivity contribution >= 4 is 11.9 Å². The largest absolute Gasteiger partial charge is 0.480 e. The van der Waals surface area contributed by atoms with Gasteiger partial charge >= 0.3 is 11.9 Å². The van der Waals surface area contributed by atoms with Gasteiger partial charge in [-0.2, -0.15) is 0 Å². The van der Waals surface area contributed by atoms with E-state index >= 15 is 0 Å². The maximum atomic E-state index is 12.5. The second-order valence-corrected chi connectivity index (χ2v) is 7.11. The van der Waals surface area contributed by atoms with Gasteiger partial charge in [-0.05, 0) is 28.3 Å². The van der Waals surface area contributed by atoms with E-state index in [0.717, 1.165) is 22.3 Å². The van der Waals surface area contributed by atoms with Crippen molar-refractivity contribution in [2.75, 3.05) is 6.61 Å². The van der Waals surface area contributed by atoms with E-state index < -0.39 is 23.9 Å². The van der Waals surface area contributed by atoms with Gasteiger partial charge in [-0.15, -0.1) is 0 Å². The van der Waals surface area contributed by atoms with Crippen molar-refractivity contribution in [3.05, 3.63) is 89.7 Å². The highest BCUT2D eigenvalue weighted by atomic mass is 16.5. The molecule has 4 rings (SSSR count). The molecule has 1 atom stereocenters. The molecular formula is C23H20N2O4. The van der Waals surface area contributed by atoms with Crippen LogP contribution in [0.5, 0.6) is 0 Å². The van der Waals surface area contributed by atoms with Gasteiger partial charge in [0.1, 0.15) is 6.61 Å². The maximum absolute atomic E-state index is 12.5. The minimum Gasteiger partial charge on any atom is -0.480 e. The summed E-state index contributed by atoms with van der Waals surface area (Å²) in [4.78, 5) is 28.2. The molecular weight excluding hydrogens is 368 g/mol. The molecule has 1 aliphatic rings. The Morgan fingerprint density at radius 1 is 1.00 bits per heavy atom. The number of hydrogen-bond acceptors (Lipinski definition) is 5. The highest BCUT2D eigenvalue weighted by Crippen LogP contribution is 2.44. The Kier molecular flexibility index (Phi) is 4.86. The van der Waals surface area contributed by atoms with Crippen LogP contribution in [0.25, 0.3) is 11.1 Å². The average Bonchev–Trinajstić information content (AvgIpc) is 3.06. The van der Waals surface area contributed by atoms with Crippen molar-refractivity contribution in [3.63, 3.8) is 0 Å². The predicted octanol–water partition coefficient (Wildman–Crippen LogP) is 3.07. The molecule has 0 unspecified atom stereocenters. The van der Waals surface area contributed by atoms with E-state index in [1.807, 2.05) is 48.5 Å². The van der Waals surface area contributed by atoms with Crippen molar-refractivity contribution in [2.45, 2.75) is 17.9 Å². The van der Waals surface area contributed by atoms with Crippen LogP contribution >= 0.6 is 0 Å². The Morgan fingerprint density at radius 3 is 2.17 bits per heavy atom. The maximum Gasteiger partial charge on any atom is 0.329 e. The Balaban J connectivity index is 1.52. The lowest BCUT2D eigenvalue weighted by Gasteiger charge is -2.24. The highest BCUT2D eigenvalue weighted by molar-refractivity contribution is 5.87. The van der Waals surface area contributed by atoms with Crippen LogP contribution in [0.2, 0.25) is 0 Å². The van der Waals surface area contributed by atoms with E-state index in [2.05, 4.69) is 4.98 Å². The SMILES string of the molecule is N[C@@](CC(=O)OCC1c2ccccc2-c2ccccc21)(C(=O)O)c1cccnc1. The molecule has 146 valence electrons. The minimum absolute atomic E-state index is 0.0956. The smallest absolute Gasteiger partial charge is 0.329 e. The molecule has 3 aromatic rings. The Hall–Kier alpha value is -3.51. The third kappa shape index (κ3) is 3.39. The van der Waals surface area contributed by atoms with E-state index in [4.69, 9.17) is 10.5 Å². The van der Waals surface area contributed by atoms with Gasteiger partial charge < -0.3 is 15.6 Å². The number of ether oxygens (including phenoxy) is 1. The van der Waals surface area contributed by atoms with Crippen LogP contribution in [-0.2, 0) is 19.9 Å². The summed E-state index contributed by atoms with van der Waals surface area (Å²) in [5, 5.41) is 9.61. The molecule has 0 amide bonds. The van der Waals surface area contributed by atoms with Gasteiger partial charge in [0.25, 0.3) is 0 Å². The van der Waals surface area contributed by atoms with Crippen molar-refractivity contribution in [1.29, 1.82) is 0 Å². The summed E-state index contributed by atoms with van der Waals surface area (Å²) in [7, 11) is 0. The minimum atomic E-state index is -1.89. The lowest BCUT2D eigenvalue weighted by Crippen LogP contribution is -2.47. The summed E-state index contributed by atoms with van der Waals surface area (Å²) in [6, 6.07) is 19.1. The normalized spacial score (nSPS) is 14.5. The molecule has 6 nitrogen and oxygen atoms in total. The number of nitrogens with two attached hydrogens (primary N) is 1. The van der Waals surface area contributed by atoms with Crippen molar-refractivity contribution in [1.82, 2.24) is 4.98 Å². The Bertz CT molecular complexity index is 1020. The number of benzene rings is 2. The standard InChI is InChI=1S/C23H20N2O4/c24-23(22(27)28,15-6-5-11-25-13-15)12-21(26)29-14-20-18-9-3-1-7-16(18)17-8-2-4-10-19(17)20/h1-11,13,20H,12,14,24H2,(H,27,28)/t23-/m1/s1. The van der Waals surface area contributed by atoms with Crippen molar-refractivity contribution in [3.8, 4) is 11.1 Å². The zero-order valence-electron chi connectivity index (χ0n) is 15.6. The predicted molar refractivity (Wildman–Crippen MR) is 107 cm³/mol.